The second-order valence-electron chi connectivity index (χ2n) is 19.0. The van der Waals surface area contributed by atoms with Crippen LogP contribution in [-0.2, 0) is 68.8 Å². The topological polar surface area (TPSA) is 421 Å². The SMILES string of the molecule is NCCCC[C@H](NC(=O)[C@H](Cc1cnc[nH]1)NC(=O)CN)C(=O)N[C@@H](Cc1ccccc1)C(=O)NCC(=O)N[C@@H](CCCN=C(N)N)C(=O)N[C@@H](CCCCN)C(=O)N[C@@H](Cc1ccccc1)C(=O)N[C@H](C=O)Cc1ccccc1. The molecule has 3 aromatic carbocycles. The number of imidazole rings is 1. The van der Waals surface area contributed by atoms with Crippen LogP contribution in [-0.4, -0.2) is 144 Å². The van der Waals surface area contributed by atoms with E-state index in [9.17, 15) is 43.2 Å². The Morgan fingerprint density at radius 2 is 0.925 bits per heavy atom. The van der Waals surface area contributed by atoms with Gasteiger partial charge in [-0.15, -0.1) is 0 Å². The van der Waals surface area contributed by atoms with Gasteiger partial charge in [0, 0.05) is 37.7 Å². The number of aldehydes is 1. The summed E-state index contributed by atoms with van der Waals surface area (Å²) < 4.78 is 0. The Bertz CT molecular complexity index is 2590. The molecule has 0 spiro atoms. The molecule has 0 aliphatic heterocycles. The zero-order valence-corrected chi connectivity index (χ0v) is 44.9. The van der Waals surface area contributed by atoms with Crippen molar-refractivity contribution in [2.45, 2.75) is 119 Å². The first-order valence-electron chi connectivity index (χ1n) is 26.7. The molecule has 7 atom stereocenters. The molecule has 0 saturated carbocycles. The van der Waals surface area contributed by atoms with Crippen molar-refractivity contribution in [3.8, 4) is 0 Å². The molecule has 0 aliphatic carbocycles. The first-order chi connectivity index (χ1) is 38.6. The fourth-order valence-electron chi connectivity index (χ4n) is 8.40. The lowest BCUT2D eigenvalue weighted by molar-refractivity contribution is -0.135. The maximum absolute atomic E-state index is 14.3. The van der Waals surface area contributed by atoms with Gasteiger partial charge < -0.3 is 81.0 Å². The first kappa shape index (κ1) is 64.0. The second kappa shape index (κ2) is 35.8. The number of unbranched alkanes of at least 4 members (excludes halogenated alkanes) is 2. The van der Waals surface area contributed by atoms with Crippen molar-refractivity contribution < 1.29 is 43.2 Å². The Morgan fingerprint density at radius 1 is 0.500 bits per heavy atom. The van der Waals surface area contributed by atoms with Crippen molar-refractivity contribution in [3.05, 3.63) is 126 Å². The fourth-order valence-corrected chi connectivity index (χ4v) is 8.40. The molecule has 25 nitrogen and oxygen atoms in total. The number of carbonyl (C=O) groups excluding carboxylic acids is 9. The Morgan fingerprint density at radius 3 is 1.39 bits per heavy atom. The molecule has 1 heterocycles. The molecule has 4 aromatic rings. The molecule has 25 heteroatoms. The Labute approximate surface area is 465 Å². The van der Waals surface area contributed by atoms with E-state index < -0.39 is 103 Å². The number of guanidine groups is 1. The molecule has 8 amide bonds. The van der Waals surface area contributed by atoms with Crippen LogP contribution in [0.2, 0.25) is 0 Å². The number of hydrogen-bond donors (Lipinski definition) is 14. The lowest BCUT2D eigenvalue weighted by Crippen LogP contribution is -2.59. The number of aromatic nitrogens is 2. The van der Waals surface area contributed by atoms with E-state index in [1.54, 1.807) is 60.7 Å². The highest BCUT2D eigenvalue weighted by Gasteiger charge is 2.33. The first-order valence-corrected chi connectivity index (χ1v) is 26.7. The predicted octanol–water partition coefficient (Wildman–Crippen LogP) is -2.34. The van der Waals surface area contributed by atoms with Crippen LogP contribution in [0, 0.1) is 0 Å². The molecule has 432 valence electrons. The van der Waals surface area contributed by atoms with Crippen LogP contribution in [0.25, 0.3) is 0 Å². The van der Waals surface area contributed by atoms with Crippen molar-refractivity contribution >= 4 is 59.5 Å². The minimum absolute atomic E-state index is 0.00418. The number of aliphatic imine (C=N–C) groups is 1. The van der Waals surface area contributed by atoms with Crippen LogP contribution in [0.5, 0.6) is 0 Å². The Hall–Kier alpha value is -8.55. The van der Waals surface area contributed by atoms with Gasteiger partial charge in [0.25, 0.3) is 0 Å². The maximum Gasteiger partial charge on any atom is 0.243 e. The van der Waals surface area contributed by atoms with Gasteiger partial charge in [-0.25, -0.2) is 4.98 Å². The number of hydrogen-bond acceptors (Lipinski definition) is 14. The molecule has 0 bridgehead atoms. The van der Waals surface area contributed by atoms with Gasteiger partial charge in [-0.05, 0) is 87.6 Å². The molecule has 19 N–H and O–H groups in total. The quantitative estimate of drug-likeness (QED) is 0.00974. The van der Waals surface area contributed by atoms with Crippen molar-refractivity contribution in [3.63, 3.8) is 0 Å². The average molecular weight is 1110 g/mol. The van der Waals surface area contributed by atoms with Gasteiger partial charge in [0.1, 0.15) is 42.5 Å². The summed E-state index contributed by atoms with van der Waals surface area (Å²) in [6.07, 6.45) is 5.87. The van der Waals surface area contributed by atoms with Gasteiger partial charge >= 0.3 is 0 Å². The summed E-state index contributed by atoms with van der Waals surface area (Å²) in [5.74, 6) is -5.96. The highest BCUT2D eigenvalue weighted by atomic mass is 16.2. The van der Waals surface area contributed by atoms with Gasteiger partial charge in [0.05, 0.1) is 25.5 Å². The molecule has 0 fully saturated rings. The number of carbonyl (C=O) groups is 9. The lowest BCUT2D eigenvalue weighted by Gasteiger charge is -2.26. The van der Waals surface area contributed by atoms with Crippen molar-refractivity contribution in [1.82, 2.24) is 52.5 Å². The van der Waals surface area contributed by atoms with Crippen LogP contribution in [0.15, 0.2) is 109 Å². The molecule has 0 unspecified atom stereocenters. The summed E-state index contributed by atoms with van der Waals surface area (Å²) in [6, 6.07) is 18.5. The second-order valence-corrected chi connectivity index (χ2v) is 19.0. The third-order valence-electron chi connectivity index (χ3n) is 12.6. The molecule has 0 saturated heterocycles. The summed E-state index contributed by atoms with van der Waals surface area (Å²) in [5.41, 5.74) is 30.9. The van der Waals surface area contributed by atoms with E-state index in [0.717, 1.165) is 5.56 Å². The molecule has 1 aromatic heterocycles. The van der Waals surface area contributed by atoms with E-state index in [2.05, 4.69) is 57.5 Å². The largest absolute Gasteiger partial charge is 0.370 e. The van der Waals surface area contributed by atoms with E-state index in [-0.39, 0.29) is 70.4 Å². The molecule has 4 rings (SSSR count). The summed E-state index contributed by atoms with van der Waals surface area (Å²) in [7, 11) is 0. The monoisotopic (exact) mass is 1110 g/mol. The molecular formula is C55H78N16O9. The van der Waals surface area contributed by atoms with Crippen LogP contribution in [0.1, 0.15) is 73.8 Å². The van der Waals surface area contributed by atoms with Gasteiger partial charge in [-0.2, -0.15) is 0 Å². The van der Waals surface area contributed by atoms with Gasteiger partial charge in [-0.1, -0.05) is 91.0 Å². The molecule has 0 aliphatic rings. The van der Waals surface area contributed by atoms with E-state index in [1.807, 2.05) is 30.3 Å². The smallest absolute Gasteiger partial charge is 0.243 e. The highest BCUT2D eigenvalue weighted by molar-refractivity contribution is 5.97. The summed E-state index contributed by atoms with van der Waals surface area (Å²) in [4.78, 5) is 134. The van der Waals surface area contributed by atoms with E-state index >= 15 is 0 Å². The van der Waals surface area contributed by atoms with Crippen LogP contribution in [0.4, 0.5) is 0 Å². The van der Waals surface area contributed by atoms with Crippen LogP contribution >= 0.6 is 0 Å². The van der Waals surface area contributed by atoms with Gasteiger partial charge in [0.2, 0.25) is 47.3 Å². The number of H-pyrrole nitrogens is 1. The number of nitrogens with one attached hydrogen (secondary N) is 9. The predicted molar refractivity (Wildman–Crippen MR) is 300 cm³/mol. The summed E-state index contributed by atoms with van der Waals surface area (Å²) >= 11 is 0. The Kier molecular flexibility index (Phi) is 28.6. The van der Waals surface area contributed by atoms with Crippen molar-refractivity contribution in [2.24, 2.45) is 33.7 Å². The zero-order chi connectivity index (χ0) is 58.1. The van der Waals surface area contributed by atoms with Gasteiger partial charge in [-0.3, -0.25) is 43.3 Å². The normalized spacial score (nSPS) is 13.5. The number of aromatic amines is 1. The average Bonchev–Trinajstić information content (AvgIpc) is 3.99. The molecule has 80 heavy (non-hydrogen) atoms. The fraction of sp³-hybridized carbons (Fsp3) is 0.436. The minimum atomic E-state index is -1.31. The number of rotatable bonds is 37. The zero-order valence-electron chi connectivity index (χ0n) is 44.9. The van der Waals surface area contributed by atoms with E-state index in [4.69, 9.17) is 28.7 Å². The van der Waals surface area contributed by atoms with E-state index in [1.165, 1.54) is 12.5 Å². The van der Waals surface area contributed by atoms with E-state index in [0.29, 0.717) is 55.3 Å². The van der Waals surface area contributed by atoms with Gasteiger partial charge in [0.15, 0.2) is 5.96 Å². The minimum Gasteiger partial charge on any atom is -0.370 e. The van der Waals surface area contributed by atoms with Crippen molar-refractivity contribution in [1.29, 1.82) is 0 Å². The third kappa shape index (κ3) is 24.0. The third-order valence-corrected chi connectivity index (χ3v) is 12.6. The number of nitrogens with two attached hydrogens (primary N) is 5. The number of benzene rings is 3. The van der Waals surface area contributed by atoms with Crippen LogP contribution in [0.3, 0.4) is 0 Å². The Balaban J connectivity index is 1.53. The van der Waals surface area contributed by atoms with Crippen molar-refractivity contribution in [2.75, 3.05) is 32.7 Å². The number of amides is 8. The standard InChI is InChI=1S/C55H78N16O9/c56-24-12-10-21-42(52(78)71-45(29-38-19-8-3-9-20-38)53(79)65-40(34-72)27-36-15-4-1-5-16-36)68-50(76)41(23-14-26-62-55(59)60)66-48(74)33-63-49(75)44(28-37-17-6-2-7-18-37)70-51(77)43(22-11-13-25-57)69-54(80)46(67-47(73)31-58)30-39-32-61-35-64-39/h1-9,15-20,32,34-35,40-46H,10-14,21-31,33,56-58H2,(H,61,64)(H,63,75)(H,65,79)(H,66,74)(H,67,73)(H,68,76)(H,69,80)(H,70,77)(H,71,78)(H4,59,60,62)/t40-,41-,42-,43-,44-,45-,46-/m0/s1. The summed E-state index contributed by atoms with van der Waals surface area (Å²) in [6.45, 7) is -0.406. The summed E-state index contributed by atoms with van der Waals surface area (Å²) in [5, 5.41) is 21.5. The lowest BCUT2D eigenvalue weighted by atomic mass is 10.0. The van der Waals surface area contributed by atoms with Crippen LogP contribution < -0.4 is 71.2 Å². The maximum atomic E-state index is 14.3. The molecule has 0 radical (unpaired) electrons. The highest BCUT2D eigenvalue weighted by Crippen LogP contribution is 2.12. The number of nitrogens with zero attached hydrogens (tertiary/aromatic N) is 2. The molecular weight excluding hydrogens is 1030 g/mol.